The molecular formula is C23H25NO5. The summed E-state index contributed by atoms with van der Waals surface area (Å²) >= 11 is 0. The maximum absolute atomic E-state index is 13.4. The molecule has 1 amide bonds. The van der Waals surface area contributed by atoms with Crippen molar-refractivity contribution in [2.45, 2.75) is 19.9 Å². The summed E-state index contributed by atoms with van der Waals surface area (Å²) in [5, 5.41) is 0. The molecule has 0 radical (unpaired) electrons. The van der Waals surface area contributed by atoms with Gasteiger partial charge in [0.15, 0.2) is 5.78 Å². The molecule has 0 N–H and O–H groups in total. The Hall–Kier alpha value is -2.99. The zero-order valence-electron chi connectivity index (χ0n) is 17.1. The minimum atomic E-state index is -1.09. The third-order valence-electron chi connectivity index (χ3n) is 5.32. The van der Waals surface area contributed by atoms with Crippen LogP contribution in [0.5, 0.6) is 5.75 Å². The number of benzene rings is 2. The van der Waals surface area contributed by atoms with Crippen LogP contribution in [0.1, 0.15) is 33.1 Å². The van der Waals surface area contributed by atoms with E-state index in [1.54, 1.807) is 25.3 Å². The molecule has 2 atom stereocenters. The van der Waals surface area contributed by atoms with Gasteiger partial charge in [-0.1, -0.05) is 29.8 Å². The number of ketones is 2. The van der Waals surface area contributed by atoms with Gasteiger partial charge in [-0.3, -0.25) is 14.4 Å². The number of nitrogens with zero attached hydrogens (tertiary/aromatic N) is 1. The molecule has 29 heavy (non-hydrogen) atoms. The van der Waals surface area contributed by atoms with Gasteiger partial charge in [0.05, 0.1) is 19.8 Å². The van der Waals surface area contributed by atoms with Gasteiger partial charge in [0.1, 0.15) is 11.7 Å². The number of methoxy groups -OCH3 is 2. The second kappa shape index (κ2) is 8.57. The smallest absolute Gasteiger partial charge is 0.291 e. The van der Waals surface area contributed by atoms with Crippen LogP contribution in [0.4, 0.5) is 0 Å². The summed E-state index contributed by atoms with van der Waals surface area (Å²) in [5.41, 5.74) is 2.99. The Labute approximate surface area is 170 Å². The maximum Gasteiger partial charge on any atom is 0.291 e. The van der Waals surface area contributed by atoms with Gasteiger partial charge in [-0.25, -0.2) is 0 Å². The number of ether oxygens (including phenoxy) is 2. The van der Waals surface area contributed by atoms with E-state index in [0.717, 1.165) is 16.7 Å². The maximum atomic E-state index is 13.4. The number of hydrogen-bond donors (Lipinski definition) is 0. The first-order chi connectivity index (χ1) is 13.9. The van der Waals surface area contributed by atoms with E-state index in [1.165, 1.54) is 12.0 Å². The lowest BCUT2D eigenvalue weighted by Crippen LogP contribution is -2.33. The van der Waals surface area contributed by atoms with Crippen molar-refractivity contribution in [3.05, 3.63) is 64.7 Å². The highest BCUT2D eigenvalue weighted by atomic mass is 16.5. The molecular weight excluding hydrogens is 370 g/mol. The molecule has 2 aromatic carbocycles. The summed E-state index contributed by atoms with van der Waals surface area (Å²) in [6.07, 6.45) is 0. The molecule has 0 aromatic heterocycles. The Bertz CT molecular complexity index is 935. The number of likely N-dealkylation sites (tertiary alicyclic amines) is 1. The normalized spacial score (nSPS) is 19.0. The second-order valence-electron chi connectivity index (χ2n) is 7.24. The average molecular weight is 395 g/mol. The molecule has 1 aliphatic rings. The zero-order valence-corrected chi connectivity index (χ0v) is 17.1. The van der Waals surface area contributed by atoms with E-state index in [2.05, 4.69) is 0 Å². The molecule has 1 fully saturated rings. The van der Waals surface area contributed by atoms with Crippen LogP contribution in [0.2, 0.25) is 0 Å². The number of carbonyl (C=O) groups is 3. The molecule has 6 heteroatoms. The van der Waals surface area contributed by atoms with E-state index >= 15 is 0 Å². The molecule has 0 spiro atoms. The highest BCUT2D eigenvalue weighted by molar-refractivity contribution is 6.44. The quantitative estimate of drug-likeness (QED) is 0.409. The lowest BCUT2D eigenvalue weighted by molar-refractivity contribution is -0.141. The van der Waals surface area contributed by atoms with Crippen molar-refractivity contribution in [2.75, 3.05) is 27.4 Å². The van der Waals surface area contributed by atoms with E-state index in [0.29, 0.717) is 11.3 Å². The zero-order chi connectivity index (χ0) is 21.1. The Kier molecular flexibility index (Phi) is 6.13. The van der Waals surface area contributed by atoms with E-state index in [-0.39, 0.29) is 18.9 Å². The third-order valence-corrected chi connectivity index (χ3v) is 5.32. The summed E-state index contributed by atoms with van der Waals surface area (Å²) in [6, 6.07) is 11.9. The Morgan fingerprint density at radius 3 is 2.31 bits per heavy atom. The van der Waals surface area contributed by atoms with Gasteiger partial charge in [-0.2, -0.15) is 0 Å². The van der Waals surface area contributed by atoms with Crippen molar-refractivity contribution in [1.29, 1.82) is 0 Å². The number of Topliss-reactive ketones (excluding diaryl/α,β-unsaturated/α-hetero) is 2. The monoisotopic (exact) mass is 395 g/mol. The number of amides is 1. The molecule has 2 aromatic rings. The van der Waals surface area contributed by atoms with Crippen molar-refractivity contribution in [3.63, 3.8) is 0 Å². The second-order valence-corrected chi connectivity index (χ2v) is 7.24. The van der Waals surface area contributed by atoms with Crippen molar-refractivity contribution in [1.82, 2.24) is 4.90 Å². The van der Waals surface area contributed by atoms with Crippen LogP contribution in [-0.4, -0.2) is 49.7 Å². The van der Waals surface area contributed by atoms with Gasteiger partial charge in [0.2, 0.25) is 5.78 Å². The molecule has 0 saturated carbocycles. The summed E-state index contributed by atoms with van der Waals surface area (Å²) in [4.78, 5) is 40.4. The van der Waals surface area contributed by atoms with Gasteiger partial charge in [0.25, 0.3) is 5.91 Å². The van der Waals surface area contributed by atoms with Crippen LogP contribution >= 0.6 is 0 Å². The van der Waals surface area contributed by atoms with E-state index < -0.39 is 23.7 Å². The lowest BCUT2D eigenvalue weighted by Gasteiger charge is -2.27. The third kappa shape index (κ3) is 3.93. The summed E-state index contributed by atoms with van der Waals surface area (Å²) in [5.74, 6) is -2.11. The summed E-state index contributed by atoms with van der Waals surface area (Å²) in [7, 11) is 3.09. The fourth-order valence-corrected chi connectivity index (χ4v) is 3.76. The molecule has 152 valence electrons. The van der Waals surface area contributed by atoms with Crippen LogP contribution in [0.15, 0.2) is 42.5 Å². The van der Waals surface area contributed by atoms with Crippen LogP contribution < -0.4 is 4.74 Å². The van der Waals surface area contributed by atoms with Crippen LogP contribution in [0.25, 0.3) is 0 Å². The van der Waals surface area contributed by atoms with Gasteiger partial charge in [-0.15, -0.1) is 0 Å². The highest BCUT2D eigenvalue weighted by Gasteiger charge is 2.51. The average Bonchev–Trinajstić information content (AvgIpc) is 2.96. The lowest BCUT2D eigenvalue weighted by atomic mass is 9.85. The minimum Gasteiger partial charge on any atom is -0.496 e. The highest BCUT2D eigenvalue weighted by Crippen LogP contribution is 2.38. The first-order valence-electron chi connectivity index (χ1n) is 9.48. The molecule has 1 aliphatic heterocycles. The predicted molar refractivity (Wildman–Crippen MR) is 108 cm³/mol. The Morgan fingerprint density at radius 2 is 1.72 bits per heavy atom. The van der Waals surface area contributed by atoms with Crippen LogP contribution in [-0.2, 0) is 14.3 Å². The van der Waals surface area contributed by atoms with Gasteiger partial charge < -0.3 is 14.4 Å². The molecule has 1 saturated heterocycles. The molecule has 2 unspecified atom stereocenters. The molecule has 6 nitrogen and oxygen atoms in total. The summed E-state index contributed by atoms with van der Waals surface area (Å²) < 4.78 is 10.4. The molecule has 3 rings (SSSR count). The number of aryl methyl sites for hydroxylation is 2. The van der Waals surface area contributed by atoms with E-state index in [9.17, 15) is 14.4 Å². The number of carbonyl (C=O) groups excluding carboxylic acids is 3. The van der Waals surface area contributed by atoms with Crippen LogP contribution in [0, 0.1) is 19.8 Å². The number of rotatable bonds is 7. The van der Waals surface area contributed by atoms with Crippen LogP contribution in [0.3, 0.4) is 0 Å². The van der Waals surface area contributed by atoms with Crippen molar-refractivity contribution >= 4 is 17.5 Å². The summed E-state index contributed by atoms with van der Waals surface area (Å²) in [6.45, 7) is 4.31. The standard InChI is InChI=1S/C23H25NO5/c1-14-5-7-16(8-6-14)20-19(22(26)23(27)24(20)11-12-28-3)21(25)17-9-10-18(29-4)15(2)13-17/h5-10,13,19-20H,11-12H2,1-4H3. The fourth-order valence-electron chi connectivity index (χ4n) is 3.76. The van der Waals surface area contributed by atoms with Crippen molar-refractivity contribution in [3.8, 4) is 5.75 Å². The van der Waals surface area contributed by atoms with Crippen molar-refractivity contribution < 1.29 is 23.9 Å². The van der Waals surface area contributed by atoms with E-state index in [4.69, 9.17) is 9.47 Å². The first kappa shape index (κ1) is 20.7. The molecule has 0 bridgehead atoms. The van der Waals surface area contributed by atoms with Crippen molar-refractivity contribution in [2.24, 2.45) is 5.92 Å². The van der Waals surface area contributed by atoms with E-state index in [1.807, 2.05) is 38.1 Å². The van der Waals surface area contributed by atoms with Gasteiger partial charge >= 0.3 is 0 Å². The van der Waals surface area contributed by atoms with Gasteiger partial charge in [0, 0.05) is 19.2 Å². The minimum absolute atomic E-state index is 0.241. The topological polar surface area (TPSA) is 72.9 Å². The Morgan fingerprint density at radius 1 is 1.03 bits per heavy atom. The SMILES string of the molecule is COCCN1C(=O)C(=O)C(C(=O)c2ccc(OC)c(C)c2)C1c1ccc(C)cc1. The molecule has 1 heterocycles. The predicted octanol–water partition coefficient (Wildman–Crippen LogP) is 2.91. The fraction of sp³-hybridized carbons (Fsp3) is 0.348. The first-order valence-corrected chi connectivity index (χ1v) is 9.48. The Balaban J connectivity index is 2.04. The largest absolute Gasteiger partial charge is 0.496 e. The van der Waals surface area contributed by atoms with Gasteiger partial charge in [-0.05, 0) is 43.2 Å². The number of hydrogen-bond acceptors (Lipinski definition) is 5. The molecule has 0 aliphatic carbocycles.